The maximum Gasteiger partial charge on any atom is 0.253 e. The van der Waals surface area contributed by atoms with E-state index in [4.69, 9.17) is 32.8 Å². The Morgan fingerprint density at radius 1 is 0.522 bits per heavy atom. The molecule has 2 heterocycles. The highest BCUT2D eigenvalue weighted by Crippen LogP contribution is 2.34. The molecule has 0 aromatic carbocycles. The summed E-state index contributed by atoms with van der Waals surface area (Å²) in [4.78, 5) is 96.7. The first-order valence-corrected chi connectivity index (χ1v) is 51.7. The van der Waals surface area contributed by atoms with Crippen LogP contribution < -0.4 is 28.3 Å². The minimum atomic E-state index is -3.31. The normalized spacial score (nSPS) is 11.5. The number of ketones is 3. The number of nitrogens with zero attached hydrogens (tertiary/aromatic N) is 4. The third-order valence-electron chi connectivity index (χ3n) is 13.5. The molecule has 840 valence electrons. The number of sulfone groups is 1. The van der Waals surface area contributed by atoms with E-state index in [0.29, 0.717) is 88.2 Å². The van der Waals surface area contributed by atoms with Crippen molar-refractivity contribution in [2.45, 2.75) is 469 Å². The molecule has 0 bridgehead atoms. The topological polar surface area (TPSA) is 357 Å². The van der Waals surface area contributed by atoms with Crippen LogP contribution in [0.3, 0.4) is 0 Å². The number of aldehydes is 1. The Labute approximate surface area is 880 Å². The van der Waals surface area contributed by atoms with Crippen molar-refractivity contribution in [3.63, 3.8) is 0 Å². The van der Waals surface area contributed by atoms with Crippen LogP contribution in [0, 0.1) is 81.2 Å². The van der Waals surface area contributed by atoms with Crippen molar-refractivity contribution in [2.24, 2.45) is 109 Å². The number of halogens is 1. The van der Waals surface area contributed by atoms with Crippen molar-refractivity contribution in [3.05, 3.63) is 48.5 Å². The Morgan fingerprint density at radius 3 is 1.03 bits per heavy atom. The number of imide groups is 1. The van der Waals surface area contributed by atoms with E-state index in [9.17, 15) is 55.2 Å². The summed E-state index contributed by atoms with van der Waals surface area (Å²) in [5, 5.41) is 4.44. The molecule has 0 unspecified atom stereocenters. The average molecular weight is 2090 g/mol. The van der Waals surface area contributed by atoms with Crippen LogP contribution in [0.4, 0.5) is 0 Å². The number of methoxy groups -OCH3 is 1. The highest BCUT2D eigenvalue weighted by atomic mass is 35.7. The van der Waals surface area contributed by atoms with Gasteiger partial charge in [-0.05, 0) is 150 Å². The van der Waals surface area contributed by atoms with Crippen LogP contribution in [0.15, 0.2) is 63.5 Å². The van der Waals surface area contributed by atoms with Gasteiger partial charge in [0.05, 0.1) is 36.4 Å². The fourth-order valence-electron chi connectivity index (χ4n) is 6.95. The van der Waals surface area contributed by atoms with Crippen molar-refractivity contribution in [3.8, 4) is 0 Å². The molecule has 0 aliphatic carbocycles. The number of rotatable bonds is 19. The zero-order valence-electron chi connectivity index (χ0n) is 92.3. The number of hydrogen-bond donors (Lipinski definition) is 5. The average Bonchev–Trinajstić information content (AvgIpc) is 1.71. The fraction of sp³-hybridized carbons (Fsp3) is 0.836. The van der Waals surface area contributed by atoms with E-state index in [1.165, 1.54) is 29.6 Å². The lowest BCUT2D eigenvalue weighted by atomic mass is 9.89. The number of carbonyl (C=O) groups excluding carboxylic acids is 8. The fourth-order valence-corrected chi connectivity index (χ4v) is 13.0. The second-order valence-corrected chi connectivity index (χ2v) is 57.2. The van der Waals surface area contributed by atoms with E-state index in [0.717, 1.165) is 74.4 Å². The van der Waals surface area contributed by atoms with Crippen LogP contribution in [-0.2, 0) is 62.0 Å². The largest absolute Gasteiger partial charge is 0.384 e. The number of hydrazine groups is 2. The maximum atomic E-state index is 11.1. The number of carbonyl (C=O) groups is 7. The number of aromatic nitrogens is 1. The summed E-state index contributed by atoms with van der Waals surface area (Å²) in [5.74, 6) is 11.7. The first-order valence-electron chi connectivity index (χ1n) is 44.8. The lowest BCUT2D eigenvalue weighted by molar-refractivity contribution is -0.138. The molecule has 8 N–H and O–H groups in total. The Bertz CT molecular complexity index is 3340. The Kier molecular flexibility index (Phi) is 127. The smallest absolute Gasteiger partial charge is 0.253 e. The summed E-state index contributed by atoms with van der Waals surface area (Å²) in [6.07, 6.45) is 14.2. The number of Topliss-reactive ketones (excluding diaryl/α,β-unsaturated/α-hetero) is 3. The molecule has 28 heteroatoms. The van der Waals surface area contributed by atoms with Crippen molar-refractivity contribution < 1.29 is 59.9 Å². The number of ether oxygens (including phenoxy) is 1. The van der Waals surface area contributed by atoms with Crippen LogP contribution in [0.5, 0.6) is 0 Å². The third-order valence-corrected chi connectivity index (χ3v) is 19.7. The first-order chi connectivity index (χ1) is 56.6. The van der Waals surface area contributed by atoms with E-state index < -0.39 is 18.9 Å². The SMILES string of the molecule is C.C.C.C.C.C.C.C.C.C=CS(=O)(=O)CC(C)(C)C.CC(=O)CC(C)(C)C.CC(=O)CCC(C)(C)C.CC(C)(C)CC(=O)NN.CC(C)(C)CC=O.CC(C)(C)CN.CC(C)(C)CN1C(=O)C=CC1=O.CC(C)(C)CN=C=O.CC(C)(C)CN=C=S.CC(C)(C)CNN.CC(C)(C)CS(=O)(=O)Cl.CC(C)(C)CSSc1ccccn1.CCC(=O)CCC(C)(C)C.CCC(C)(C)C.COCC(C)(C)C. The lowest BCUT2D eigenvalue weighted by Gasteiger charge is -2.24. The van der Waals surface area contributed by atoms with Gasteiger partial charge in [-0.2, -0.15) is 0 Å². The number of nitrogens with two attached hydrogens (primary N) is 3. The quantitative estimate of drug-likeness (QED) is 0.00820. The molecule has 22 nitrogen and oxygen atoms in total. The number of pyridine rings is 1. The summed E-state index contributed by atoms with van der Waals surface area (Å²) in [6.45, 7) is 108. The van der Waals surface area contributed by atoms with Gasteiger partial charge in [0.2, 0.25) is 21.0 Å². The Balaban J connectivity index is -0.0000000522. The van der Waals surface area contributed by atoms with Gasteiger partial charge in [-0.25, -0.2) is 42.4 Å². The van der Waals surface area contributed by atoms with Crippen molar-refractivity contribution >= 4 is 116 Å². The Morgan fingerprint density at radius 2 is 0.891 bits per heavy atom. The molecular formula is C110H240ClN9O13S5. The predicted molar refractivity (Wildman–Crippen MR) is 628 cm³/mol. The molecule has 1 aliphatic rings. The van der Waals surface area contributed by atoms with Crippen LogP contribution in [0.1, 0.15) is 464 Å². The van der Waals surface area contributed by atoms with Gasteiger partial charge < -0.3 is 24.9 Å². The molecule has 1 aliphatic heterocycles. The van der Waals surface area contributed by atoms with E-state index in [1.807, 2.05) is 167 Å². The first kappa shape index (κ1) is 189. The van der Waals surface area contributed by atoms with Gasteiger partial charge in [-0.15, -0.1) is 0 Å². The number of nitrogens with one attached hydrogen (secondary N) is 2. The van der Waals surface area contributed by atoms with Crippen LogP contribution in [0.2, 0.25) is 0 Å². The van der Waals surface area contributed by atoms with E-state index in [2.05, 4.69) is 244 Å². The second-order valence-electron chi connectivity index (χ2n) is 50.0. The molecule has 0 spiro atoms. The minimum Gasteiger partial charge on any atom is -0.384 e. The van der Waals surface area contributed by atoms with Gasteiger partial charge in [-0.1, -0.05) is 422 Å². The van der Waals surface area contributed by atoms with Gasteiger partial charge in [0.1, 0.15) is 28.7 Å². The lowest BCUT2D eigenvalue weighted by Crippen LogP contribution is -2.37. The molecule has 0 fully saturated rings. The standard InChI is InChI=1S/C10H15NS2.C9H13NO2.C9H18O.C8H16O.C7H14O2S.C7H14O.C6H14N2O.C6H11NO.C6H11NS.C6H14O.C6H12O.C6H14.C5H11ClO2S.C5H14N2.C5H13N.9CH4/c1-10(2,3)8-12-13-9-6-4-5-7-11-9;1-9(2,3)6-10-7(11)4-5-8(10)12;1-5-8(10)6-7-9(2,3)4;1-7(9)5-6-8(2,3)4;1-5-10(8,9)6-7(2,3)4;1-6(8)5-7(2,3)4;1-6(2,3)4-5(9)8-7;2*1-6(2,3)4-7-5-8;1-6(2,3)5-7-4;1-6(2,3)4-5-7;1-5-6(2,3)4;1-5(2,3)4-9(6,7)8;1-5(2,3)4-7-6;1-5(2,3)4-6;;;;;;;;;/h4-7H,8H2,1-3H3;4-5H,6H2,1-3H3;5-7H2,1-4H3;5-6H2,1-4H3;5H,1,6H2,2-4H3;5H2,1-4H3;4,7H2,1-3H3,(H,8,9);2*4H2,1-3H3;5H2,1-4H3;5H,4H2,1-3H3;5H2,1-4H3;4H2,1-3H3;7H,4,6H2,1-3H3;4,6H2,1-3H3;9*1H4. The van der Waals surface area contributed by atoms with Gasteiger partial charge in [0, 0.05) is 98.9 Å². The van der Waals surface area contributed by atoms with Crippen LogP contribution in [0.25, 0.3) is 0 Å². The van der Waals surface area contributed by atoms with Gasteiger partial charge in [0.15, 0.2) is 9.84 Å². The van der Waals surface area contributed by atoms with Crippen molar-refractivity contribution in [1.82, 2.24) is 20.7 Å². The summed E-state index contributed by atoms with van der Waals surface area (Å²) < 4.78 is 47.5. The molecule has 138 heavy (non-hydrogen) atoms. The summed E-state index contributed by atoms with van der Waals surface area (Å²) in [5.41, 5.74) is 12.8. The number of aliphatic imine (C=N–C) groups is 2. The monoisotopic (exact) mass is 2090 g/mol. The van der Waals surface area contributed by atoms with E-state index >= 15 is 0 Å². The maximum absolute atomic E-state index is 11.1. The van der Waals surface area contributed by atoms with Crippen molar-refractivity contribution in [1.29, 1.82) is 0 Å². The summed E-state index contributed by atoms with van der Waals surface area (Å²) >= 11 is 4.40. The number of isocyanates is 1. The number of amides is 3. The molecule has 1 aromatic heterocycles. The summed E-state index contributed by atoms with van der Waals surface area (Å²) in [7, 11) is 4.01. The zero-order chi connectivity index (χ0) is 107. The molecule has 1 aromatic rings. The van der Waals surface area contributed by atoms with Crippen LogP contribution in [-0.4, -0.2) is 143 Å². The highest BCUT2D eigenvalue weighted by molar-refractivity contribution is 8.76. The molecule has 0 atom stereocenters. The molecular weight excluding hydrogens is 1850 g/mol. The van der Waals surface area contributed by atoms with Gasteiger partial charge in [-0.3, -0.25) is 40.8 Å². The highest BCUT2D eigenvalue weighted by Gasteiger charge is 2.28. The number of thiocarbonyl (C=S) groups is 1. The molecule has 3 amide bonds. The van der Waals surface area contributed by atoms with Crippen LogP contribution >= 0.6 is 44.5 Å². The number of isothiocyanates is 1. The number of hydrogen-bond acceptors (Lipinski definition) is 23. The molecule has 2 rings (SSSR count). The molecule has 0 saturated heterocycles. The second kappa shape index (κ2) is 92.6. The molecule has 0 radical (unpaired) electrons. The Hall–Kier alpha value is -4.21. The molecule has 0 saturated carbocycles. The van der Waals surface area contributed by atoms with Gasteiger partial charge >= 0.3 is 0 Å². The van der Waals surface area contributed by atoms with Crippen molar-refractivity contribution in [2.75, 3.05) is 63.7 Å². The zero-order valence-corrected chi connectivity index (χ0v) is 97.1. The van der Waals surface area contributed by atoms with E-state index in [-0.39, 0.29) is 145 Å². The van der Waals surface area contributed by atoms with Gasteiger partial charge in [0.25, 0.3) is 11.8 Å². The minimum absolute atomic E-state index is 0. The predicted octanol–water partition coefficient (Wildman–Crippen LogP) is 32.1. The van der Waals surface area contributed by atoms with E-state index in [1.54, 1.807) is 31.8 Å². The summed E-state index contributed by atoms with van der Waals surface area (Å²) in [6, 6.07) is 6.01. The third kappa shape index (κ3) is 236.